The zero-order valence-corrected chi connectivity index (χ0v) is 18.7. The number of hydrogen-bond acceptors (Lipinski definition) is 3. The second-order valence-corrected chi connectivity index (χ2v) is 7.65. The van der Waals surface area contributed by atoms with E-state index in [1.165, 1.54) is 0 Å². The molecule has 0 bridgehead atoms. The van der Waals surface area contributed by atoms with Crippen LogP contribution < -0.4 is 10.1 Å². The van der Waals surface area contributed by atoms with Crippen LogP contribution in [0.3, 0.4) is 0 Å². The lowest BCUT2D eigenvalue weighted by Gasteiger charge is -2.13. The van der Waals surface area contributed by atoms with Gasteiger partial charge < -0.3 is 14.6 Å². The molecule has 158 valence electrons. The maximum atomic E-state index is 12.6. The van der Waals surface area contributed by atoms with Gasteiger partial charge in [-0.1, -0.05) is 29.8 Å². The van der Waals surface area contributed by atoms with Crippen molar-refractivity contribution in [2.45, 2.75) is 27.3 Å². The van der Waals surface area contributed by atoms with Crippen LogP contribution in [0.1, 0.15) is 28.1 Å². The van der Waals surface area contributed by atoms with Gasteiger partial charge in [-0.15, -0.1) is 0 Å². The minimum atomic E-state index is -0.415. The van der Waals surface area contributed by atoms with E-state index in [9.17, 15) is 10.1 Å². The molecule has 0 spiro atoms. The Morgan fingerprint density at radius 3 is 2.55 bits per heavy atom. The Morgan fingerprint density at radius 2 is 1.90 bits per heavy atom. The number of methoxy groups -OCH3 is 1. The fourth-order valence-electron chi connectivity index (χ4n) is 3.47. The topological polar surface area (TPSA) is 67.0 Å². The highest BCUT2D eigenvalue weighted by Gasteiger charge is 2.15. The maximum Gasteiger partial charge on any atom is 0.262 e. The molecule has 0 saturated heterocycles. The molecular formula is C25H24ClN3O2. The van der Waals surface area contributed by atoms with E-state index >= 15 is 0 Å². The first-order chi connectivity index (χ1) is 14.8. The zero-order chi connectivity index (χ0) is 22.5. The molecule has 0 unspecified atom stereocenters. The van der Waals surface area contributed by atoms with Crippen molar-refractivity contribution in [1.29, 1.82) is 5.26 Å². The van der Waals surface area contributed by atoms with Crippen molar-refractivity contribution in [3.05, 3.63) is 87.2 Å². The van der Waals surface area contributed by atoms with E-state index in [1.807, 2.05) is 75.4 Å². The van der Waals surface area contributed by atoms with E-state index in [-0.39, 0.29) is 5.57 Å². The van der Waals surface area contributed by atoms with Gasteiger partial charge in [0.2, 0.25) is 0 Å². The molecule has 0 aliphatic heterocycles. The predicted molar refractivity (Wildman–Crippen MR) is 123 cm³/mol. The summed E-state index contributed by atoms with van der Waals surface area (Å²) < 4.78 is 7.22. The fourth-order valence-corrected chi connectivity index (χ4v) is 3.64. The number of carbonyl (C=O) groups is 1. The average Bonchev–Trinajstić information content (AvgIpc) is 3.05. The molecule has 2 aromatic carbocycles. The van der Waals surface area contributed by atoms with Crippen molar-refractivity contribution in [2.75, 3.05) is 7.11 Å². The summed E-state index contributed by atoms with van der Waals surface area (Å²) in [6.07, 6.45) is 1.63. The van der Waals surface area contributed by atoms with Crippen LogP contribution >= 0.6 is 11.6 Å². The van der Waals surface area contributed by atoms with Gasteiger partial charge >= 0.3 is 0 Å². The molecule has 1 aromatic heterocycles. The van der Waals surface area contributed by atoms with E-state index in [2.05, 4.69) is 9.88 Å². The maximum absolute atomic E-state index is 12.6. The number of nitrogens with one attached hydrogen (secondary N) is 1. The van der Waals surface area contributed by atoms with Crippen LogP contribution in [0.2, 0.25) is 5.02 Å². The molecule has 5 nitrogen and oxygen atoms in total. The molecule has 0 saturated carbocycles. The Bertz CT molecular complexity index is 1180. The van der Waals surface area contributed by atoms with Gasteiger partial charge in [0.1, 0.15) is 17.4 Å². The predicted octanol–water partition coefficient (Wildman–Crippen LogP) is 5.29. The lowest BCUT2D eigenvalue weighted by Crippen LogP contribution is -2.23. The van der Waals surface area contributed by atoms with Crippen molar-refractivity contribution >= 4 is 23.6 Å². The standard InChI is InChI=1S/C25H24ClN3O2/c1-16-12-20(18(3)29(16)24-7-5-6-23(26)17(24)2)13-21(14-27)25(30)28-15-19-8-10-22(31-4)11-9-19/h5-13H,15H2,1-4H3,(H,28,30)/b21-13-. The Morgan fingerprint density at radius 1 is 1.19 bits per heavy atom. The van der Waals surface area contributed by atoms with Gasteiger partial charge in [0, 0.05) is 28.6 Å². The normalized spacial score (nSPS) is 11.2. The Hall–Kier alpha value is -3.49. The number of aromatic nitrogens is 1. The highest BCUT2D eigenvalue weighted by atomic mass is 35.5. The number of amides is 1. The number of nitriles is 1. The minimum Gasteiger partial charge on any atom is -0.497 e. The summed E-state index contributed by atoms with van der Waals surface area (Å²) in [7, 11) is 1.60. The summed E-state index contributed by atoms with van der Waals surface area (Å²) in [5, 5.41) is 13.1. The molecule has 31 heavy (non-hydrogen) atoms. The van der Waals surface area contributed by atoms with Gasteiger partial charge in [-0.2, -0.15) is 5.26 Å². The number of ether oxygens (including phenoxy) is 1. The summed E-state index contributed by atoms with van der Waals surface area (Å²) in [6, 6.07) is 17.1. The first kappa shape index (κ1) is 22.2. The quantitative estimate of drug-likeness (QED) is 0.424. The third-order valence-corrected chi connectivity index (χ3v) is 5.64. The second-order valence-electron chi connectivity index (χ2n) is 7.25. The number of nitrogens with zero attached hydrogens (tertiary/aromatic N) is 2. The van der Waals surface area contributed by atoms with Crippen molar-refractivity contribution in [1.82, 2.24) is 9.88 Å². The van der Waals surface area contributed by atoms with Gasteiger partial charge in [-0.05, 0) is 73.9 Å². The van der Waals surface area contributed by atoms with Crippen LogP contribution in [-0.2, 0) is 11.3 Å². The van der Waals surface area contributed by atoms with Crippen LogP contribution in [0.15, 0.2) is 54.1 Å². The zero-order valence-electron chi connectivity index (χ0n) is 18.0. The first-order valence-corrected chi connectivity index (χ1v) is 10.2. The Kier molecular flexibility index (Phi) is 6.84. The molecule has 0 fully saturated rings. The number of carbonyl (C=O) groups excluding carboxylic acids is 1. The average molecular weight is 434 g/mol. The van der Waals surface area contributed by atoms with E-state index < -0.39 is 5.91 Å². The van der Waals surface area contributed by atoms with Gasteiger partial charge in [-0.25, -0.2) is 0 Å². The molecule has 0 aliphatic rings. The number of hydrogen-bond donors (Lipinski definition) is 1. The van der Waals surface area contributed by atoms with Gasteiger partial charge in [0.15, 0.2) is 0 Å². The van der Waals surface area contributed by atoms with E-state index in [1.54, 1.807) is 13.2 Å². The molecule has 6 heteroatoms. The molecule has 1 N–H and O–H groups in total. The van der Waals surface area contributed by atoms with Crippen molar-refractivity contribution in [2.24, 2.45) is 0 Å². The monoisotopic (exact) mass is 433 g/mol. The molecule has 0 radical (unpaired) electrons. The molecular weight excluding hydrogens is 410 g/mol. The smallest absolute Gasteiger partial charge is 0.262 e. The summed E-state index contributed by atoms with van der Waals surface area (Å²) in [5.74, 6) is 0.333. The number of rotatable bonds is 6. The highest BCUT2D eigenvalue weighted by Crippen LogP contribution is 2.28. The van der Waals surface area contributed by atoms with E-state index in [0.29, 0.717) is 11.6 Å². The first-order valence-electron chi connectivity index (χ1n) is 9.83. The summed E-state index contributed by atoms with van der Waals surface area (Å²) in [5.41, 5.74) is 5.65. The van der Waals surface area contributed by atoms with Crippen molar-refractivity contribution < 1.29 is 9.53 Å². The lowest BCUT2D eigenvalue weighted by molar-refractivity contribution is -0.117. The second kappa shape index (κ2) is 9.55. The van der Waals surface area contributed by atoms with E-state index in [0.717, 1.165) is 39.5 Å². The largest absolute Gasteiger partial charge is 0.497 e. The summed E-state index contributed by atoms with van der Waals surface area (Å²) >= 11 is 6.30. The number of benzene rings is 2. The highest BCUT2D eigenvalue weighted by molar-refractivity contribution is 6.31. The van der Waals surface area contributed by atoms with Crippen molar-refractivity contribution in [3.8, 4) is 17.5 Å². The Balaban J connectivity index is 1.84. The van der Waals surface area contributed by atoms with Crippen LogP contribution in [0.25, 0.3) is 11.8 Å². The summed E-state index contributed by atoms with van der Waals surface area (Å²) in [6.45, 7) is 6.24. The number of aryl methyl sites for hydroxylation is 1. The molecule has 3 rings (SSSR count). The van der Waals surface area contributed by atoms with Gasteiger partial charge in [0.25, 0.3) is 5.91 Å². The van der Waals surface area contributed by atoms with Crippen molar-refractivity contribution in [3.63, 3.8) is 0 Å². The fraction of sp³-hybridized carbons (Fsp3) is 0.200. The molecule has 1 amide bonds. The third-order valence-electron chi connectivity index (χ3n) is 5.23. The van der Waals surface area contributed by atoms with Crippen LogP contribution in [-0.4, -0.2) is 17.6 Å². The van der Waals surface area contributed by atoms with E-state index in [4.69, 9.17) is 16.3 Å². The van der Waals surface area contributed by atoms with Crippen LogP contribution in [0.5, 0.6) is 5.75 Å². The third kappa shape index (κ3) is 4.82. The number of halogens is 1. The van der Waals surface area contributed by atoms with Crippen LogP contribution in [0.4, 0.5) is 0 Å². The van der Waals surface area contributed by atoms with Gasteiger partial charge in [0.05, 0.1) is 7.11 Å². The molecule has 0 aliphatic carbocycles. The molecule has 1 heterocycles. The molecule has 3 aromatic rings. The minimum absolute atomic E-state index is 0.0524. The summed E-state index contributed by atoms with van der Waals surface area (Å²) in [4.78, 5) is 12.6. The Labute approximate surface area is 187 Å². The molecule has 0 atom stereocenters. The lowest BCUT2D eigenvalue weighted by atomic mass is 10.1. The van der Waals surface area contributed by atoms with Crippen LogP contribution in [0, 0.1) is 32.1 Å². The van der Waals surface area contributed by atoms with Gasteiger partial charge in [-0.3, -0.25) is 4.79 Å². The SMILES string of the molecule is COc1ccc(CNC(=O)/C(C#N)=C\c2cc(C)n(-c3cccc(Cl)c3C)c2C)cc1.